The first-order valence-electron chi connectivity index (χ1n) is 8.16. The van der Waals surface area contributed by atoms with E-state index in [4.69, 9.17) is 4.74 Å². The van der Waals surface area contributed by atoms with Crippen LogP contribution in [0.2, 0.25) is 0 Å². The lowest BCUT2D eigenvalue weighted by Gasteiger charge is -2.31. The molecule has 1 heterocycles. The fourth-order valence-electron chi connectivity index (χ4n) is 2.78. The third-order valence-corrected chi connectivity index (χ3v) is 4.22. The van der Waals surface area contributed by atoms with E-state index in [-0.39, 0.29) is 18.1 Å². The van der Waals surface area contributed by atoms with Crippen LogP contribution in [-0.4, -0.2) is 43.1 Å². The molecule has 0 radical (unpaired) electrons. The van der Waals surface area contributed by atoms with Crippen molar-refractivity contribution in [1.29, 1.82) is 0 Å². The first kappa shape index (κ1) is 18.0. The third-order valence-electron chi connectivity index (χ3n) is 4.22. The molecule has 1 aromatic rings. The highest BCUT2D eigenvalue weighted by Crippen LogP contribution is 2.21. The molecule has 1 aliphatic heterocycles. The summed E-state index contributed by atoms with van der Waals surface area (Å²) in [5, 5.41) is 5.47. The zero-order valence-electron chi connectivity index (χ0n) is 14.6. The number of benzene rings is 1. The van der Waals surface area contributed by atoms with Gasteiger partial charge in [0.2, 0.25) is 0 Å². The van der Waals surface area contributed by atoms with Crippen LogP contribution in [0.1, 0.15) is 32.4 Å². The predicted molar refractivity (Wildman–Crippen MR) is 92.3 cm³/mol. The summed E-state index contributed by atoms with van der Waals surface area (Å²) >= 11 is 0. The molecule has 0 aromatic heterocycles. The number of amides is 2. The number of hydrogen-bond acceptors (Lipinski definition) is 4. The van der Waals surface area contributed by atoms with Gasteiger partial charge in [-0.2, -0.15) is 0 Å². The van der Waals surface area contributed by atoms with Gasteiger partial charge in [-0.3, -0.25) is 4.90 Å². The first-order chi connectivity index (χ1) is 11.4. The highest BCUT2D eigenvalue weighted by Gasteiger charge is 2.30. The van der Waals surface area contributed by atoms with Crippen molar-refractivity contribution in [1.82, 2.24) is 15.5 Å². The van der Waals surface area contributed by atoms with Gasteiger partial charge in [-0.15, -0.1) is 0 Å². The van der Waals surface area contributed by atoms with Crippen molar-refractivity contribution in [3.05, 3.63) is 47.2 Å². The predicted octanol–water partition coefficient (Wildman–Crippen LogP) is 2.20. The molecule has 2 rings (SSSR count). The Morgan fingerprint density at radius 2 is 2.00 bits per heavy atom. The maximum Gasteiger partial charge on any atom is 0.337 e. The van der Waals surface area contributed by atoms with Crippen molar-refractivity contribution in [3.8, 4) is 0 Å². The Morgan fingerprint density at radius 1 is 1.33 bits per heavy atom. The Hall–Kier alpha value is -2.34. The number of esters is 1. The fourth-order valence-corrected chi connectivity index (χ4v) is 2.78. The zero-order chi connectivity index (χ0) is 17.7. The smallest absolute Gasteiger partial charge is 0.337 e. The van der Waals surface area contributed by atoms with Crippen molar-refractivity contribution in [2.75, 3.05) is 20.2 Å². The molecule has 0 bridgehead atoms. The van der Waals surface area contributed by atoms with Crippen LogP contribution < -0.4 is 10.6 Å². The van der Waals surface area contributed by atoms with Crippen LogP contribution >= 0.6 is 0 Å². The van der Waals surface area contributed by atoms with Crippen molar-refractivity contribution in [2.24, 2.45) is 0 Å². The maximum atomic E-state index is 12.3. The van der Waals surface area contributed by atoms with Crippen LogP contribution in [0.3, 0.4) is 0 Å². The van der Waals surface area contributed by atoms with Crippen LogP contribution in [0.5, 0.6) is 0 Å². The summed E-state index contributed by atoms with van der Waals surface area (Å²) in [4.78, 5) is 26.1. The molecular formula is C18H25N3O3. The lowest BCUT2D eigenvalue weighted by atomic mass is 10.0. The molecule has 2 unspecified atom stereocenters. The summed E-state index contributed by atoms with van der Waals surface area (Å²) in [5.74, 6) is -0.395. The Bertz CT molecular complexity index is 628. The molecule has 6 nitrogen and oxygen atoms in total. The van der Waals surface area contributed by atoms with Gasteiger partial charge in [0.1, 0.15) is 0 Å². The second-order valence-electron chi connectivity index (χ2n) is 5.93. The molecule has 6 heteroatoms. The summed E-state index contributed by atoms with van der Waals surface area (Å²) in [6, 6.07) is 9.56. The number of rotatable bonds is 6. The van der Waals surface area contributed by atoms with Crippen LogP contribution in [0.15, 0.2) is 41.6 Å². The van der Waals surface area contributed by atoms with E-state index in [0.29, 0.717) is 24.4 Å². The van der Waals surface area contributed by atoms with Gasteiger partial charge in [-0.05, 0) is 33.4 Å². The monoisotopic (exact) mass is 331 g/mol. The van der Waals surface area contributed by atoms with E-state index in [9.17, 15) is 9.59 Å². The van der Waals surface area contributed by atoms with Crippen molar-refractivity contribution in [2.45, 2.75) is 32.9 Å². The van der Waals surface area contributed by atoms with E-state index >= 15 is 0 Å². The van der Waals surface area contributed by atoms with Gasteiger partial charge < -0.3 is 15.4 Å². The molecule has 0 spiro atoms. The van der Waals surface area contributed by atoms with Gasteiger partial charge in [-0.25, -0.2) is 9.59 Å². The molecule has 24 heavy (non-hydrogen) atoms. The molecule has 1 aromatic carbocycles. The molecule has 0 fully saturated rings. The van der Waals surface area contributed by atoms with Gasteiger partial charge in [0.05, 0.1) is 18.2 Å². The summed E-state index contributed by atoms with van der Waals surface area (Å²) < 4.78 is 5.14. The topological polar surface area (TPSA) is 70.7 Å². The summed E-state index contributed by atoms with van der Waals surface area (Å²) in [5.41, 5.74) is 2.24. The number of carbonyl (C=O) groups is 2. The van der Waals surface area contributed by atoms with E-state index < -0.39 is 5.97 Å². The van der Waals surface area contributed by atoms with Crippen LogP contribution in [0.4, 0.5) is 4.79 Å². The molecule has 0 saturated heterocycles. The number of ether oxygens (including phenoxy) is 1. The Labute approximate surface area is 142 Å². The third kappa shape index (κ3) is 4.14. The second kappa shape index (κ2) is 7.97. The van der Waals surface area contributed by atoms with Crippen molar-refractivity contribution in [3.63, 3.8) is 0 Å². The standard InChI is InChI=1S/C18H25N3O3/c1-5-24-17(22)16-12(2)19-18(23)20-15(16)11-21(4)13(3)14-9-7-6-8-10-14/h6-10,12-13H,5,11H2,1-4H3,(H2,19,20,23). The molecule has 0 saturated carbocycles. The average molecular weight is 331 g/mol. The lowest BCUT2D eigenvalue weighted by Crippen LogP contribution is -2.51. The maximum absolute atomic E-state index is 12.3. The van der Waals surface area contributed by atoms with Gasteiger partial charge >= 0.3 is 12.0 Å². The highest BCUT2D eigenvalue weighted by molar-refractivity contribution is 5.94. The minimum atomic E-state index is -0.395. The molecule has 2 atom stereocenters. The van der Waals surface area contributed by atoms with E-state index in [1.807, 2.05) is 25.2 Å². The van der Waals surface area contributed by atoms with Crippen molar-refractivity contribution >= 4 is 12.0 Å². The molecule has 130 valence electrons. The number of hydrogen-bond donors (Lipinski definition) is 2. The Morgan fingerprint density at radius 3 is 2.62 bits per heavy atom. The Kier molecular flexibility index (Phi) is 5.98. The number of nitrogens with zero attached hydrogens (tertiary/aromatic N) is 1. The first-order valence-corrected chi connectivity index (χ1v) is 8.16. The highest BCUT2D eigenvalue weighted by atomic mass is 16.5. The number of urea groups is 1. The van der Waals surface area contributed by atoms with E-state index in [2.05, 4.69) is 34.6 Å². The fraction of sp³-hybridized carbons (Fsp3) is 0.444. The van der Waals surface area contributed by atoms with E-state index in [1.54, 1.807) is 13.8 Å². The SMILES string of the molecule is CCOC(=O)C1=C(CN(C)C(C)c2ccccc2)NC(=O)NC1C. The van der Waals surface area contributed by atoms with Crippen LogP contribution in [0.25, 0.3) is 0 Å². The molecule has 1 aliphatic rings. The largest absolute Gasteiger partial charge is 0.463 e. The minimum absolute atomic E-state index is 0.143. The average Bonchev–Trinajstić information content (AvgIpc) is 2.54. The number of nitrogens with one attached hydrogen (secondary N) is 2. The summed E-state index contributed by atoms with van der Waals surface area (Å²) in [6.07, 6.45) is 0. The quantitative estimate of drug-likeness (QED) is 0.784. The van der Waals surface area contributed by atoms with Gasteiger partial charge in [-0.1, -0.05) is 30.3 Å². The van der Waals surface area contributed by atoms with Crippen LogP contribution in [-0.2, 0) is 9.53 Å². The van der Waals surface area contributed by atoms with E-state index in [1.165, 1.54) is 5.56 Å². The van der Waals surface area contributed by atoms with Gasteiger partial charge in [0.25, 0.3) is 0 Å². The molecular weight excluding hydrogens is 306 g/mol. The second-order valence-corrected chi connectivity index (χ2v) is 5.93. The van der Waals surface area contributed by atoms with Gasteiger partial charge in [0.15, 0.2) is 0 Å². The zero-order valence-corrected chi connectivity index (χ0v) is 14.6. The number of carbonyl (C=O) groups excluding carboxylic acids is 2. The Balaban J connectivity index is 2.23. The molecule has 2 amide bonds. The molecule has 2 N–H and O–H groups in total. The van der Waals surface area contributed by atoms with Crippen LogP contribution in [0, 0.1) is 0 Å². The summed E-state index contributed by atoms with van der Waals surface area (Å²) in [6.45, 7) is 6.38. The minimum Gasteiger partial charge on any atom is -0.463 e. The van der Waals surface area contributed by atoms with Gasteiger partial charge in [0, 0.05) is 18.3 Å². The normalized spacial score (nSPS) is 18.9. The van der Waals surface area contributed by atoms with E-state index in [0.717, 1.165) is 0 Å². The van der Waals surface area contributed by atoms with Crippen molar-refractivity contribution < 1.29 is 14.3 Å². The number of likely N-dealkylation sites (N-methyl/N-ethyl adjacent to an activating group) is 1. The summed E-state index contributed by atoms with van der Waals surface area (Å²) in [7, 11) is 1.96. The molecule has 0 aliphatic carbocycles. The lowest BCUT2D eigenvalue weighted by molar-refractivity contribution is -0.139.